The fourth-order valence-electron chi connectivity index (χ4n) is 1.91. The maximum absolute atomic E-state index is 5.44. The van der Waals surface area contributed by atoms with Crippen LogP contribution in [0.3, 0.4) is 0 Å². The summed E-state index contributed by atoms with van der Waals surface area (Å²) in [5.74, 6) is 7.29. The highest BCUT2D eigenvalue weighted by Crippen LogP contribution is 2.15. The van der Waals surface area contributed by atoms with Crippen molar-refractivity contribution in [2.24, 2.45) is 11.8 Å². The van der Waals surface area contributed by atoms with E-state index in [4.69, 9.17) is 10.6 Å². The van der Waals surface area contributed by atoms with Gasteiger partial charge in [-0.2, -0.15) is 15.0 Å². The van der Waals surface area contributed by atoms with E-state index in [0.717, 1.165) is 26.2 Å². The van der Waals surface area contributed by atoms with Crippen molar-refractivity contribution in [1.29, 1.82) is 0 Å². The van der Waals surface area contributed by atoms with E-state index < -0.39 is 0 Å². The fourth-order valence-corrected chi connectivity index (χ4v) is 1.91. The van der Waals surface area contributed by atoms with Gasteiger partial charge in [-0.25, -0.2) is 5.84 Å². The first-order chi connectivity index (χ1) is 9.19. The van der Waals surface area contributed by atoms with Crippen LogP contribution in [0.5, 0.6) is 0 Å². The second-order valence-corrected chi connectivity index (χ2v) is 4.79. The Labute approximate surface area is 112 Å². The first-order valence-corrected chi connectivity index (χ1v) is 6.40. The number of anilines is 3. The molecule has 1 unspecified atom stereocenters. The van der Waals surface area contributed by atoms with E-state index in [1.807, 2.05) is 14.1 Å². The molecule has 0 saturated carbocycles. The number of rotatable bonds is 5. The van der Waals surface area contributed by atoms with E-state index in [2.05, 4.69) is 25.7 Å². The van der Waals surface area contributed by atoms with Gasteiger partial charge in [0.2, 0.25) is 17.8 Å². The molecule has 1 aliphatic rings. The molecule has 1 aliphatic heterocycles. The van der Waals surface area contributed by atoms with Gasteiger partial charge in [-0.3, -0.25) is 5.43 Å². The highest BCUT2D eigenvalue weighted by Gasteiger charge is 2.14. The minimum absolute atomic E-state index is 0.348. The lowest BCUT2D eigenvalue weighted by Crippen LogP contribution is -2.26. The van der Waals surface area contributed by atoms with Crippen LogP contribution in [0.2, 0.25) is 0 Å². The number of aromatic nitrogens is 3. The van der Waals surface area contributed by atoms with Crippen molar-refractivity contribution in [3.05, 3.63) is 0 Å². The Balaban J connectivity index is 2.00. The second kappa shape index (κ2) is 6.48. The summed E-state index contributed by atoms with van der Waals surface area (Å²) in [6, 6.07) is 0. The number of hydrogen-bond donors (Lipinski definition) is 3. The molecule has 1 aromatic heterocycles. The van der Waals surface area contributed by atoms with Gasteiger partial charge in [-0.15, -0.1) is 0 Å². The highest BCUT2D eigenvalue weighted by molar-refractivity contribution is 5.42. The summed E-state index contributed by atoms with van der Waals surface area (Å²) in [6.45, 7) is 2.45. The van der Waals surface area contributed by atoms with E-state index >= 15 is 0 Å². The van der Waals surface area contributed by atoms with Crippen LogP contribution in [0.4, 0.5) is 17.8 Å². The molecule has 0 bridgehead atoms. The number of hydrogen-bond acceptors (Lipinski definition) is 8. The number of nitrogens with zero attached hydrogens (tertiary/aromatic N) is 4. The average molecular weight is 267 g/mol. The van der Waals surface area contributed by atoms with Crippen LogP contribution in [-0.2, 0) is 4.74 Å². The summed E-state index contributed by atoms with van der Waals surface area (Å²) in [5.41, 5.74) is 2.45. The van der Waals surface area contributed by atoms with Crippen molar-refractivity contribution in [3.63, 3.8) is 0 Å². The maximum atomic E-state index is 5.44. The van der Waals surface area contributed by atoms with Crippen molar-refractivity contribution < 1.29 is 4.74 Å². The molecule has 1 atom stereocenters. The zero-order valence-electron chi connectivity index (χ0n) is 11.4. The lowest BCUT2D eigenvalue weighted by Gasteiger charge is -2.22. The average Bonchev–Trinajstić information content (AvgIpc) is 2.45. The lowest BCUT2D eigenvalue weighted by atomic mass is 10.0. The summed E-state index contributed by atoms with van der Waals surface area (Å²) in [6.07, 6.45) is 2.28. The Morgan fingerprint density at radius 3 is 2.74 bits per heavy atom. The Bertz CT molecular complexity index is 406. The van der Waals surface area contributed by atoms with Gasteiger partial charge in [-0.05, 0) is 18.8 Å². The molecule has 0 radical (unpaired) electrons. The van der Waals surface area contributed by atoms with Gasteiger partial charge in [0.05, 0.1) is 6.61 Å². The SMILES string of the molecule is CN(C)c1nc(NN)nc(NCC2CCCOC2)n1. The topological polar surface area (TPSA) is 101 Å². The fraction of sp³-hybridized carbons (Fsp3) is 0.727. The Kier molecular flexibility index (Phi) is 4.69. The molecule has 8 nitrogen and oxygen atoms in total. The van der Waals surface area contributed by atoms with Crippen molar-refractivity contribution in [1.82, 2.24) is 15.0 Å². The molecular weight excluding hydrogens is 246 g/mol. The number of hydrazine groups is 1. The van der Waals surface area contributed by atoms with Crippen LogP contribution in [0.1, 0.15) is 12.8 Å². The molecule has 0 amide bonds. The first kappa shape index (κ1) is 13.8. The van der Waals surface area contributed by atoms with E-state index in [0.29, 0.717) is 23.8 Å². The minimum atomic E-state index is 0.348. The zero-order valence-corrected chi connectivity index (χ0v) is 11.4. The summed E-state index contributed by atoms with van der Waals surface area (Å²) in [7, 11) is 3.74. The molecule has 1 saturated heterocycles. The molecule has 1 aromatic rings. The van der Waals surface area contributed by atoms with Crippen LogP contribution in [0.25, 0.3) is 0 Å². The van der Waals surface area contributed by atoms with Crippen molar-refractivity contribution >= 4 is 17.8 Å². The normalized spacial score (nSPS) is 19.0. The van der Waals surface area contributed by atoms with E-state index in [-0.39, 0.29) is 0 Å². The van der Waals surface area contributed by atoms with Crippen LogP contribution in [0.15, 0.2) is 0 Å². The van der Waals surface area contributed by atoms with Gasteiger partial charge in [0.1, 0.15) is 0 Å². The minimum Gasteiger partial charge on any atom is -0.381 e. The summed E-state index contributed by atoms with van der Waals surface area (Å²) < 4.78 is 5.44. The van der Waals surface area contributed by atoms with Crippen LogP contribution in [-0.4, -0.2) is 48.8 Å². The second-order valence-electron chi connectivity index (χ2n) is 4.79. The van der Waals surface area contributed by atoms with E-state index in [1.165, 1.54) is 6.42 Å². The molecule has 8 heteroatoms. The van der Waals surface area contributed by atoms with Gasteiger partial charge in [0.15, 0.2) is 0 Å². The van der Waals surface area contributed by atoms with E-state index in [1.54, 1.807) is 4.90 Å². The highest BCUT2D eigenvalue weighted by atomic mass is 16.5. The molecule has 0 aromatic carbocycles. The number of ether oxygens (including phenoxy) is 1. The Morgan fingerprint density at radius 1 is 1.32 bits per heavy atom. The molecule has 19 heavy (non-hydrogen) atoms. The molecule has 4 N–H and O–H groups in total. The predicted molar refractivity (Wildman–Crippen MR) is 74.0 cm³/mol. The van der Waals surface area contributed by atoms with Gasteiger partial charge in [-0.1, -0.05) is 0 Å². The number of nitrogens with one attached hydrogen (secondary N) is 2. The lowest BCUT2D eigenvalue weighted by molar-refractivity contribution is 0.0594. The molecule has 0 aliphatic carbocycles. The molecular formula is C11H21N7O. The maximum Gasteiger partial charge on any atom is 0.243 e. The Hall–Kier alpha value is -1.67. The third kappa shape index (κ3) is 3.90. The van der Waals surface area contributed by atoms with Crippen molar-refractivity contribution in [2.45, 2.75) is 12.8 Å². The largest absolute Gasteiger partial charge is 0.381 e. The molecule has 2 rings (SSSR count). The molecule has 0 spiro atoms. The summed E-state index contributed by atoms with van der Waals surface area (Å²) in [4.78, 5) is 14.5. The third-order valence-corrected chi connectivity index (χ3v) is 2.96. The third-order valence-electron chi connectivity index (χ3n) is 2.96. The Morgan fingerprint density at radius 2 is 2.11 bits per heavy atom. The van der Waals surface area contributed by atoms with Crippen molar-refractivity contribution in [3.8, 4) is 0 Å². The number of nitrogens with two attached hydrogens (primary N) is 1. The quantitative estimate of drug-likeness (QED) is 0.508. The van der Waals surface area contributed by atoms with E-state index in [9.17, 15) is 0 Å². The monoisotopic (exact) mass is 267 g/mol. The first-order valence-electron chi connectivity index (χ1n) is 6.40. The van der Waals surface area contributed by atoms with Gasteiger partial charge >= 0.3 is 0 Å². The molecule has 1 fully saturated rings. The van der Waals surface area contributed by atoms with Crippen LogP contribution < -0.4 is 21.5 Å². The summed E-state index contributed by atoms with van der Waals surface area (Å²) >= 11 is 0. The van der Waals surface area contributed by atoms with Gasteiger partial charge < -0.3 is 15.0 Å². The van der Waals surface area contributed by atoms with Crippen LogP contribution >= 0.6 is 0 Å². The van der Waals surface area contributed by atoms with Gasteiger partial charge in [0, 0.05) is 27.2 Å². The molecule has 2 heterocycles. The van der Waals surface area contributed by atoms with Crippen LogP contribution in [0, 0.1) is 5.92 Å². The zero-order chi connectivity index (χ0) is 13.7. The van der Waals surface area contributed by atoms with Crippen molar-refractivity contribution in [2.75, 3.05) is 49.5 Å². The molecule has 106 valence electrons. The van der Waals surface area contributed by atoms with Gasteiger partial charge in [0.25, 0.3) is 0 Å². The summed E-state index contributed by atoms with van der Waals surface area (Å²) in [5, 5.41) is 3.22. The smallest absolute Gasteiger partial charge is 0.243 e. The predicted octanol–water partition coefficient (Wildman–Crippen LogP) is 0.0617. The number of nitrogen functional groups attached to an aromatic ring is 1. The standard InChI is InChI=1S/C11H21N7O/c1-18(2)11-15-9(14-10(16-11)17-12)13-6-8-4-3-5-19-7-8/h8H,3-7,12H2,1-2H3,(H2,13,14,15,16,17).